The van der Waals surface area contributed by atoms with Gasteiger partial charge in [0.05, 0.1) is 0 Å². The van der Waals surface area contributed by atoms with E-state index in [1.54, 1.807) is 0 Å². The normalized spacial score (nSPS) is 11.6. The molecule has 1 aromatic rings. The van der Waals surface area contributed by atoms with Crippen molar-refractivity contribution in [2.24, 2.45) is 11.8 Å². The van der Waals surface area contributed by atoms with Gasteiger partial charge in [0.1, 0.15) is 0 Å². The van der Waals surface area contributed by atoms with Crippen LogP contribution in [0.2, 0.25) is 0 Å². The molecule has 0 unspecified atom stereocenters. The van der Waals surface area contributed by atoms with Crippen LogP contribution in [0.3, 0.4) is 0 Å². The molecule has 0 spiro atoms. The highest BCUT2D eigenvalue weighted by Gasteiger charge is 2.01. The van der Waals surface area contributed by atoms with Crippen LogP contribution in [0.15, 0.2) is 12.1 Å². The van der Waals surface area contributed by atoms with Gasteiger partial charge >= 0.3 is 0 Å². The smallest absolute Gasteiger partial charge is 0.0357 e. The molecule has 1 rings (SSSR count). The van der Waals surface area contributed by atoms with Crippen molar-refractivity contribution < 1.29 is 0 Å². The van der Waals surface area contributed by atoms with Gasteiger partial charge in [-0.25, -0.2) is 0 Å². The summed E-state index contributed by atoms with van der Waals surface area (Å²) in [5.74, 6) is 1.44. The SMILES string of the molecule is CC(C)CNCc1ccc(CC(C)C)[nH]1. The van der Waals surface area contributed by atoms with Gasteiger partial charge in [-0.05, 0) is 36.9 Å². The monoisotopic (exact) mass is 208 g/mol. The van der Waals surface area contributed by atoms with Gasteiger partial charge in [-0.3, -0.25) is 0 Å². The van der Waals surface area contributed by atoms with Crippen molar-refractivity contribution in [2.75, 3.05) is 6.54 Å². The third kappa shape index (κ3) is 5.03. The minimum atomic E-state index is 0.718. The largest absolute Gasteiger partial charge is 0.361 e. The third-order valence-electron chi connectivity index (χ3n) is 2.30. The second-order valence-corrected chi connectivity index (χ2v) is 5.13. The molecule has 0 amide bonds. The average Bonchev–Trinajstić information content (AvgIpc) is 2.50. The molecule has 0 aliphatic heterocycles. The number of hydrogen-bond donors (Lipinski definition) is 2. The van der Waals surface area contributed by atoms with E-state index in [4.69, 9.17) is 0 Å². The zero-order valence-corrected chi connectivity index (χ0v) is 10.4. The Hall–Kier alpha value is -0.760. The first-order valence-corrected chi connectivity index (χ1v) is 5.95. The first-order valence-electron chi connectivity index (χ1n) is 5.95. The predicted molar refractivity (Wildman–Crippen MR) is 65.9 cm³/mol. The first kappa shape index (κ1) is 12.3. The summed E-state index contributed by atoms with van der Waals surface area (Å²) < 4.78 is 0. The van der Waals surface area contributed by atoms with E-state index in [9.17, 15) is 0 Å². The quantitative estimate of drug-likeness (QED) is 0.739. The molecule has 0 bridgehead atoms. The van der Waals surface area contributed by atoms with Crippen LogP contribution in [0.5, 0.6) is 0 Å². The van der Waals surface area contributed by atoms with E-state index >= 15 is 0 Å². The van der Waals surface area contributed by atoms with Crippen molar-refractivity contribution in [1.29, 1.82) is 0 Å². The Kier molecular flexibility index (Phi) is 4.89. The number of nitrogens with one attached hydrogen (secondary N) is 2. The van der Waals surface area contributed by atoms with Crippen LogP contribution in [0.1, 0.15) is 39.1 Å². The Morgan fingerprint density at radius 1 is 1.07 bits per heavy atom. The minimum Gasteiger partial charge on any atom is -0.361 e. The predicted octanol–water partition coefficient (Wildman–Crippen LogP) is 2.96. The summed E-state index contributed by atoms with van der Waals surface area (Å²) in [5.41, 5.74) is 2.65. The van der Waals surface area contributed by atoms with Gasteiger partial charge in [0.2, 0.25) is 0 Å². The molecule has 0 saturated heterocycles. The molecule has 15 heavy (non-hydrogen) atoms. The summed E-state index contributed by atoms with van der Waals surface area (Å²) in [6.45, 7) is 11.0. The maximum Gasteiger partial charge on any atom is 0.0357 e. The van der Waals surface area contributed by atoms with Crippen LogP contribution in [0.25, 0.3) is 0 Å². The average molecular weight is 208 g/mol. The van der Waals surface area contributed by atoms with Crippen LogP contribution in [0, 0.1) is 11.8 Å². The molecule has 0 aliphatic carbocycles. The zero-order valence-electron chi connectivity index (χ0n) is 10.4. The Balaban J connectivity index is 2.33. The van der Waals surface area contributed by atoms with E-state index in [2.05, 4.69) is 50.1 Å². The van der Waals surface area contributed by atoms with Gasteiger partial charge in [-0.15, -0.1) is 0 Å². The summed E-state index contributed by atoms with van der Waals surface area (Å²) in [6, 6.07) is 4.39. The highest BCUT2D eigenvalue weighted by molar-refractivity contribution is 5.13. The lowest BCUT2D eigenvalue weighted by molar-refractivity contribution is 0.548. The first-order chi connectivity index (χ1) is 7.08. The molecular formula is C13H24N2. The summed E-state index contributed by atoms with van der Waals surface area (Å²) in [5, 5.41) is 3.44. The molecule has 0 aromatic carbocycles. The van der Waals surface area contributed by atoms with Gasteiger partial charge in [0.15, 0.2) is 0 Å². The van der Waals surface area contributed by atoms with Crippen molar-refractivity contribution in [2.45, 2.75) is 40.7 Å². The van der Waals surface area contributed by atoms with Crippen molar-refractivity contribution in [3.63, 3.8) is 0 Å². The second kappa shape index (κ2) is 5.96. The lowest BCUT2D eigenvalue weighted by Gasteiger charge is -2.06. The maximum atomic E-state index is 3.46. The van der Waals surface area contributed by atoms with Crippen molar-refractivity contribution in [1.82, 2.24) is 10.3 Å². The molecular weight excluding hydrogens is 184 g/mol. The molecule has 0 atom stereocenters. The number of rotatable bonds is 6. The molecule has 2 nitrogen and oxygen atoms in total. The number of aromatic nitrogens is 1. The molecule has 0 aliphatic rings. The van der Waals surface area contributed by atoms with Crippen LogP contribution in [-0.4, -0.2) is 11.5 Å². The lowest BCUT2D eigenvalue weighted by Crippen LogP contribution is -2.19. The zero-order chi connectivity index (χ0) is 11.3. The van der Waals surface area contributed by atoms with E-state index in [1.165, 1.54) is 11.4 Å². The number of H-pyrrole nitrogens is 1. The Morgan fingerprint density at radius 3 is 2.33 bits per heavy atom. The molecule has 86 valence electrons. The summed E-state index contributed by atoms with van der Waals surface area (Å²) in [7, 11) is 0. The maximum absolute atomic E-state index is 3.46. The summed E-state index contributed by atoms with van der Waals surface area (Å²) in [4.78, 5) is 3.46. The molecule has 0 saturated carbocycles. The van der Waals surface area contributed by atoms with Gasteiger partial charge in [-0.2, -0.15) is 0 Å². The highest BCUT2D eigenvalue weighted by atomic mass is 14.9. The van der Waals surface area contributed by atoms with Gasteiger partial charge in [0, 0.05) is 17.9 Å². The van der Waals surface area contributed by atoms with Crippen LogP contribution in [0.4, 0.5) is 0 Å². The Morgan fingerprint density at radius 2 is 1.73 bits per heavy atom. The molecule has 0 radical (unpaired) electrons. The Bertz CT molecular complexity index is 274. The van der Waals surface area contributed by atoms with Gasteiger partial charge in [0.25, 0.3) is 0 Å². The fraction of sp³-hybridized carbons (Fsp3) is 0.692. The van der Waals surface area contributed by atoms with E-state index in [0.717, 1.165) is 31.3 Å². The summed E-state index contributed by atoms with van der Waals surface area (Å²) >= 11 is 0. The van der Waals surface area contributed by atoms with Crippen LogP contribution >= 0.6 is 0 Å². The van der Waals surface area contributed by atoms with Crippen LogP contribution in [-0.2, 0) is 13.0 Å². The highest BCUT2D eigenvalue weighted by Crippen LogP contribution is 2.08. The van der Waals surface area contributed by atoms with Crippen LogP contribution < -0.4 is 5.32 Å². The van der Waals surface area contributed by atoms with Gasteiger partial charge in [-0.1, -0.05) is 27.7 Å². The molecule has 1 aromatic heterocycles. The third-order valence-corrected chi connectivity index (χ3v) is 2.30. The second-order valence-electron chi connectivity index (χ2n) is 5.13. The number of hydrogen-bond acceptors (Lipinski definition) is 1. The fourth-order valence-electron chi connectivity index (χ4n) is 1.65. The minimum absolute atomic E-state index is 0.718. The summed E-state index contributed by atoms with van der Waals surface area (Å²) in [6.07, 6.45) is 1.14. The van der Waals surface area contributed by atoms with E-state index in [0.29, 0.717) is 0 Å². The van der Waals surface area contributed by atoms with Crippen molar-refractivity contribution >= 4 is 0 Å². The molecule has 2 heteroatoms. The van der Waals surface area contributed by atoms with Gasteiger partial charge < -0.3 is 10.3 Å². The topological polar surface area (TPSA) is 27.8 Å². The lowest BCUT2D eigenvalue weighted by atomic mass is 10.1. The molecule has 1 heterocycles. The molecule has 0 fully saturated rings. The van der Waals surface area contributed by atoms with E-state index in [1.807, 2.05) is 0 Å². The van der Waals surface area contributed by atoms with Crippen molar-refractivity contribution in [3.05, 3.63) is 23.5 Å². The fourth-order valence-corrected chi connectivity index (χ4v) is 1.65. The van der Waals surface area contributed by atoms with Crippen molar-refractivity contribution in [3.8, 4) is 0 Å². The standard InChI is InChI=1S/C13H24N2/c1-10(2)7-12-5-6-13(15-12)9-14-8-11(3)4/h5-6,10-11,14-15H,7-9H2,1-4H3. The van der Waals surface area contributed by atoms with E-state index in [-0.39, 0.29) is 0 Å². The van der Waals surface area contributed by atoms with E-state index < -0.39 is 0 Å². The Labute approximate surface area is 93.5 Å². The number of aromatic amines is 1. The molecule has 2 N–H and O–H groups in total.